The third kappa shape index (κ3) is 2.25. The molecule has 4 heteroatoms. The SMILES string of the molecule is C=NNCc1ccc2ncc(Cl)cc2c1. The molecule has 0 aliphatic carbocycles. The summed E-state index contributed by atoms with van der Waals surface area (Å²) < 4.78 is 0. The summed E-state index contributed by atoms with van der Waals surface area (Å²) >= 11 is 5.87. The van der Waals surface area contributed by atoms with Crippen molar-refractivity contribution in [3.05, 3.63) is 41.0 Å². The number of nitrogens with one attached hydrogen (secondary N) is 1. The Balaban J connectivity index is 2.40. The van der Waals surface area contributed by atoms with Crippen LogP contribution in [0.2, 0.25) is 5.02 Å². The number of rotatable bonds is 3. The molecule has 0 saturated carbocycles. The molecule has 0 amide bonds. The van der Waals surface area contributed by atoms with E-state index in [0.29, 0.717) is 11.6 Å². The minimum Gasteiger partial charge on any atom is -0.306 e. The Bertz CT molecular complexity index is 496. The standard InChI is InChI=1S/C11H10ClN3/c1-13-15-6-8-2-3-11-9(4-8)5-10(12)7-14-11/h2-5,7,15H,1,6H2. The molecule has 0 bridgehead atoms. The fourth-order valence-corrected chi connectivity index (χ4v) is 1.58. The second kappa shape index (κ2) is 4.28. The summed E-state index contributed by atoms with van der Waals surface area (Å²) in [6.45, 7) is 4.02. The van der Waals surface area contributed by atoms with Gasteiger partial charge in [0.2, 0.25) is 0 Å². The molecule has 0 aliphatic heterocycles. The predicted octanol–water partition coefficient (Wildman–Crippen LogP) is 2.59. The van der Waals surface area contributed by atoms with Crippen molar-refractivity contribution in [2.75, 3.05) is 0 Å². The Morgan fingerprint density at radius 1 is 1.40 bits per heavy atom. The van der Waals surface area contributed by atoms with Crippen LogP contribution >= 0.6 is 11.6 Å². The molecular weight excluding hydrogens is 210 g/mol. The Kier molecular flexibility index (Phi) is 2.83. The molecule has 1 aromatic heterocycles. The molecule has 0 atom stereocenters. The van der Waals surface area contributed by atoms with Crippen molar-refractivity contribution < 1.29 is 0 Å². The maximum atomic E-state index is 5.87. The number of halogens is 1. The highest BCUT2D eigenvalue weighted by Crippen LogP contribution is 2.18. The molecule has 3 nitrogen and oxygen atoms in total. The Hall–Kier alpha value is -1.61. The van der Waals surface area contributed by atoms with Crippen molar-refractivity contribution >= 4 is 29.2 Å². The van der Waals surface area contributed by atoms with E-state index in [9.17, 15) is 0 Å². The number of pyridine rings is 1. The highest BCUT2D eigenvalue weighted by atomic mass is 35.5. The van der Waals surface area contributed by atoms with E-state index in [0.717, 1.165) is 16.5 Å². The molecule has 1 aromatic carbocycles. The van der Waals surface area contributed by atoms with Crippen LogP contribution in [0.3, 0.4) is 0 Å². The van der Waals surface area contributed by atoms with E-state index >= 15 is 0 Å². The van der Waals surface area contributed by atoms with E-state index in [-0.39, 0.29) is 0 Å². The lowest BCUT2D eigenvalue weighted by atomic mass is 10.1. The maximum Gasteiger partial charge on any atom is 0.0703 e. The molecule has 0 spiro atoms. The average Bonchev–Trinajstić information content (AvgIpc) is 2.25. The molecule has 15 heavy (non-hydrogen) atoms. The van der Waals surface area contributed by atoms with Gasteiger partial charge >= 0.3 is 0 Å². The third-order valence-electron chi connectivity index (χ3n) is 2.11. The average molecular weight is 220 g/mol. The van der Waals surface area contributed by atoms with Crippen LogP contribution < -0.4 is 5.43 Å². The van der Waals surface area contributed by atoms with Crippen molar-refractivity contribution in [3.63, 3.8) is 0 Å². The van der Waals surface area contributed by atoms with E-state index in [1.54, 1.807) is 6.20 Å². The summed E-state index contributed by atoms with van der Waals surface area (Å²) in [7, 11) is 0. The summed E-state index contributed by atoms with van der Waals surface area (Å²) in [6.07, 6.45) is 1.65. The number of benzene rings is 1. The highest BCUT2D eigenvalue weighted by molar-refractivity contribution is 6.31. The van der Waals surface area contributed by atoms with Crippen LogP contribution in [0.25, 0.3) is 10.9 Å². The molecule has 0 aliphatic rings. The van der Waals surface area contributed by atoms with Gasteiger partial charge in [0.15, 0.2) is 0 Å². The summed E-state index contributed by atoms with van der Waals surface area (Å²) in [4.78, 5) is 4.21. The number of hydrogen-bond donors (Lipinski definition) is 1. The molecule has 0 radical (unpaired) electrons. The van der Waals surface area contributed by atoms with Crippen molar-refractivity contribution in [1.82, 2.24) is 10.4 Å². The normalized spacial score (nSPS) is 10.2. The van der Waals surface area contributed by atoms with Gasteiger partial charge in [0.25, 0.3) is 0 Å². The van der Waals surface area contributed by atoms with Gasteiger partial charge in [-0.2, -0.15) is 5.10 Å². The summed E-state index contributed by atoms with van der Waals surface area (Å²) in [6, 6.07) is 7.90. The van der Waals surface area contributed by atoms with Crippen LogP contribution in [0.1, 0.15) is 5.56 Å². The van der Waals surface area contributed by atoms with Crippen molar-refractivity contribution in [3.8, 4) is 0 Å². The monoisotopic (exact) mass is 219 g/mol. The number of hydrazone groups is 1. The molecule has 0 unspecified atom stereocenters. The quantitative estimate of drug-likeness (QED) is 0.637. The largest absolute Gasteiger partial charge is 0.306 e. The van der Waals surface area contributed by atoms with E-state index in [1.165, 1.54) is 0 Å². The summed E-state index contributed by atoms with van der Waals surface area (Å²) in [5.74, 6) is 0. The van der Waals surface area contributed by atoms with Gasteiger partial charge in [-0.1, -0.05) is 17.7 Å². The van der Waals surface area contributed by atoms with Crippen molar-refractivity contribution in [2.45, 2.75) is 6.54 Å². The topological polar surface area (TPSA) is 37.3 Å². The second-order valence-electron chi connectivity index (χ2n) is 3.17. The zero-order valence-corrected chi connectivity index (χ0v) is 8.83. The predicted molar refractivity (Wildman–Crippen MR) is 63.1 cm³/mol. The minimum absolute atomic E-state index is 0.648. The second-order valence-corrected chi connectivity index (χ2v) is 3.61. The fraction of sp³-hybridized carbons (Fsp3) is 0.0909. The number of hydrogen-bond acceptors (Lipinski definition) is 3. The van der Waals surface area contributed by atoms with Gasteiger partial charge in [-0.3, -0.25) is 4.98 Å². The first-order valence-electron chi connectivity index (χ1n) is 4.52. The third-order valence-corrected chi connectivity index (χ3v) is 2.31. The first kappa shape index (κ1) is 9.93. The number of aromatic nitrogens is 1. The number of fused-ring (bicyclic) bond motifs is 1. The Morgan fingerprint density at radius 2 is 2.27 bits per heavy atom. The molecule has 1 heterocycles. The van der Waals surface area contributed by atoms with Gasteiger partial charge in [-0.25, -0.2) is 0 Å². The van der Waals surface area contributed by atoms with Gasteiger partial charge < -0.3 is 5.43 Å². The van der Waals surface area contributed by atoms with Gasteiger partial charge in [-0.15, -0.1) is 0 Å². The summed E-state index contributed by atoms with van der Waals surface area (Å²) in [5, 5.41) is 5.27. The smallest absolute Gasteiger partial charge is 0.0703 e. The van der Waals surface area contributed by atoms with Crippen LogP contribution in [0.4, 0.5) is 0 Å². The van der Waals surface area contributed by atoms with Crippen LogP contribution in [-0.4, -0.2) is 11.7 Å². The molecule has 2 aromatic rings. The van der Waals surface area contributed by atoms with E-state index in [4.69, 9.17) is 11.6 Å². The lowest BCUT2D eigenvalue weighted by Gasteiger charge is -2.03. The van der Waals surface area contributed by atoms with Gasteiger partial charge in [-0.05, 0) is 23.8 Å². The molecule has 0 saturated heterocycles. The molecule has 1 N–H and O–H groups in total. The number of nitrogens with zero attached hydrogens (tertiary/aromatic N) is 2. The lowest BCUT2D eigenvalue weighted by molar-refractivity contribution is 0.751. The van der Waals surface area contributed by atoms with Gasteiger partial charge in [0.1, 0.15) is 0 Å². The maximum absolute atomic E-state index is 5.87. The molecule has 0 fully saturated rings. The fourth-order valence-electron chi connectivity index (χ4n) is 1.41. The minimum atomic E-state index is 0.648. The molecule has 76 valence electrons. The molecule has 2 rings (SSSR count). The zero-order chi connectivity index (χ0) is 10.7. The van der Waals surface area contributed by atoms with E-state index in [1.807, 2.05) is 24.3 Å². The van der Waals surface area contributed by atoms with Crippen LogP contribution in [0.5, 0.6) is 0 Å². The van der Waals surface area contributed by atoms with Crippen molar-refractivity contribution in [2.24, 2.45) is 5.10 Å². The first-order valence-corrected chi connectivity index (χ1v) is 4.90. The van der Waals surface area contributed by atoms with Gasteiger partial charge in [0, 0.05) is 18.3 Å². The summed E-state index contributed by atoms with van der Waals surface area (Å²) in [5.41, 5.74) is 4.87. The van der Waals surface area contributed by atoms with Crippen LogP contribution in [-0.2, 0) is 6.54 Å². The van der Waals surface area contributed by atoms with Crippen LogP contribution in [0, 0.1) is 0 Å². The molecular formula is C11H10ClN3. The van der Waals surface area contributed by atoms with E-state index < -0.39 is 0 Å². The Labute approximate surface area is 92.8 Å². The van der Waals surface area contributed by atoms with E-state index in [2.05, 4.69) is 22.2 Å². The van der Waals surface area contributed by atoms with Crippen LogP contribution in [0.15, 0.2) is 35.6 Å². The Morgan fingerprint density at radius 3 is 3.07 bits per heavy atom. The highest BCUT2D eigenvalue weighted by Gasteiger charge is 1.98. The van der Waals surface area contributed by atoms with Gasteiger partial charge in [0.05, 0.1) is 17.1 Å². The van der Waals surface area contributed by atoms with Crippen molar-refractivity contribution in [1.29, 1.82) is 0 Å². The first-order chi connectivity index (χ1) is 7.29. The zero-order valence-electron chi connectivity index (χ0n) is 8.07. The lowest BCUT2D eigenvalue weighted by Crippen LogP contribution is -2.03.